The first kappa shape index (κ1) is 15.2. The molecule has 1 rings (SSSR count). The highest BCUT2D eigenvalue weighted by atomic mass is 32.2. The lowest BCUT2D eigenvalue weighted by Crippen LogP contribution is -2.30. The first-order valence-corrected chi connectivity index (χ1v) is 7.85. The largest absolute Gasteiger partial charge is 0.395 e. The van der Waals surface area contributed by atoms with E-state index in [0.29, 0.717) is 5.00 Å². The number of nitrogens with zero attached hydrogens (tertiary/aromatic N) is 2. The van der Waals surface area contributed by atoms with E-state index in [0.717, 1.165) is 11.5 Å². The minimum absolute atomic E-state index is 0.00287. The van der Waals surface area contributed by atoms with Crippen molar-refractivity contribution in [3.63, 3.8) is 0 Å². The highest BCUT2D eigenvalue weighted by molar-refractivity contribution is 7.91. The average Bonchev–Trinajstić information content (AvgIpc) is 2.71. The van der Waals surface area contributed by atoms with Crippen LogP contribution in [0.25, 0.3) is 0 Å². The predicted molar refractivity (Wildman–Crippen MR) is 70.6 cm³/mol. The van der Waals surface area contributed by atoms with Gasteiger partial charge in [-0.25, -0.2) is 8.42 Å². The molecule has 4 N–H and O–H groups in total. The molecule has 9 heteroatoms. The molecule has 0 unspecified atom stereocenters. The minimum atomic E-state index is -3.48. The van der Waals surface area contributed by atoms with Crippen molar-refractivity contribution in [3.8, 4) is 0 Å². The average molecular weight is 295 g/mol. The fraction of sp³-hybridized carbons (Fsp3) is 0.667. The quantitative estimate of drug-likeness (QED) is 0.609. The van der Waals surface area contributed by atoms with Gasteiger partial charge in [-0.2, -0.15) is 4.37 Å². The molecule has 0 saturated carbocycles. The number of rotatable bonds is 7. The summed E-state index contributed by atoms with van der Waals surface area (Å²) in [6.07, 6.45) is 0. The number of hydrogen-bond donors (Lipinski definition) is 3. The molecule has 0 aliphatic rings. The number of nitrogens with two attached hydrogens (primary N) is 1. The van der Waals surface area contributed by atoms with Crippen molar-refractivity contribution in [2.75, 3.05) is 42.7 Å². The van der Waals surface area contributed by atoms with Gasteiger partial charge in [-0.15, -0.1) is 0 Å². The zero-order chi connectivity index (χ0) is 13.8. The highest BCUT2D eigenvalue weighted by Gasteiger charge is 2.26. The van der Waals surface area contributed by atoms with Gasteiger partial charge in [0.15, 0.2) is 15.7 Å². The van der Waals surface area contributed by atoms with Crippen LogP contribution in [0, 0.1) is 0 Å². The van der Waals surface area contributed by atoms with Crippen LogP contribution in [0.2, 0.25) is 0 Å². The van der Waals surface area contributed by atoms with Gasteiger partial charge in [-0.3, -0.25) is 0 Å². The number of nitrogen functional groups attached to an aromatic ring is 1. The normalized spacial score (nSPS) is 11.7. The number of aliphatic hydroxyl groups excluding tert-OH is 2. The Labute approximate surface area is 110 Å². The third kappa shape index (κ3) is 3.10. The fourth-order valence-electron chi connectivity index (χ4n) is 1.48. The number of aromatic nitrogens is 1. The first-order valence-electron chi connectivity index (χ1n) is 5.42. The molecule has 0 aliphatic heterocycles. The monoisotopic (exact) mass is 295 g/mol. The van der Waals surface area contributed by atoms with Crippen LogP contribution in [0.4, 0.5) is 10.8 Å². The fourth-order valence-corrected chi connectivity index (χ4v) is 3.84. The lowest BCUT2D eigenvalue weighted by molar-refractivity contribution is 0.281. The van der Waals surface area contributed by atoms with Crippen molar-refractivity contribution in [2.24, 2.45) is 0 Å². The van der Waals surface area contributed by atoms with Crippen LogP contribution in [-0.2, 0) is 9.84 Å². The number of hydrogen-bond acceptors (Lipinski definition) is 8. The van der Waals surface area contributed by atoms with Crippen LogP contribution in [-0.4, -0.2) is 55.1 Å². The Kier molecular flexibility index (Phi) is 5.32. The van der Waals surface area contributed by atoms with Gasteiger partial charge in [0.25, 0.3) is 0 Å². The molecule has 0 atom stereocenters. The molecule has 1 aromatic heterocycles. The molecule has 0 fully saturated rings. The summed E-state index contributed by atoms with van der Waals surface area (Å²) in [7, 11) is -3.48. The van der Waals surface area contributed by atoms with E-state index in [1.165, 1.54) is 6.92 Å². The van der Waals surface area contributed by atoms with Crippen LogP contribution in [0.3, 0.4) is 0 Å². The van der Waals surface area contributed by atoms with Crippen molar-refractivity contribution in [2.45, 2.75) is 11.8 Å². The Morgan fingerprint density at radius 1 is 1.33 bits per heavy atom. The van der Waals surface area contributed by atoms with Gasteiger partial charge in [0.2, 0.25) is 0 Å². The van der Waals surface area contributed by atoms with Gasteiger partial charge < -0.3 is 20.8 Å². The molecule has 1 heterocycles. The second-order valence-electron chi connectivity index (χ2n) is 3.54. The van der Waals surface area contributed by atoms with Crippen molar-refractivity contribution >= 4 is 32.2 Å². The molecule has 18 heavy (non-hydrogen) atoms. The van der Waals surface area contributed by atoms with E-state index in [1.54, 1.807) is 4.90 Å². The standard InChI is InChI=1S/C9H17N3O4S2/c1-2-18(15,16)7-8(10)11-17-9(7)12(3-5-13)4-6-14/h13-14H,2-6H2,1H3,(H2,10,11). The Morgan fingerprint density at radius 2 is 1.89 bits per heavy atom. The molecule has 0 saturated heterocycles. The van der Waals surface area contributed by atoms with Crippen LogP contribution < -0.4 is 10.6 Å². The van der Waals surface area contributed by atoms with E-state index in [4.69, 9.17) is 15.9 Å². The number of sulfone groups is 1. The Balaban J connectivity index is 3.24. The summed E-state index contributed by atoms with van der Waals surface area (Å²) in [6, 6.07) is 0. The van der Waals surface area contributed by atoms with Gasteiger partial charge in [0, 0.05) is 13.1 Å². The topological polar surface area (TPSA) is 117 Å². The molecular weight excluding hydrogens is 278 g/mol. The van der Waals surface area contributed by atoms with Crippen molar-refractivity contribution in [1.82, 2.24) is 4.37 Å². The predicted octanol–water partition coefficient (Wildman–Crippen LogP) is -0.690. The summed E-state index contributed by atoms with van der Waals surface area (Å²) in [5.41, 5.74) is 5.60. The Bertz CT molecular complexity index is 480. The lowest BCUT2D eigenvalue weighted by atomic mass is 10.4. The van der Waals surface area contributed by atoms with Gasteiger partial charge in [-0.05, 0) is 11.5 Å². The summed E-state index contributed by atoms with van der Waals surface area (Å²) >= 11 is 0.956. The van der Waals surface area contributed by atoms with Crippen LogP contribution in [0.5, 0.6) is 0 Å². The van der Waals surface area contributed by atoms with Gasteiger partial charge in [0.05, 0.1) is 19.0 Å². The molecule has 104 valence electrons. The number of aliphatic hydroxyl groups is 2. The summed E-state index contributed by atoms with van der Waals surface area (Å²) in [4.78, 5) is 1.56. The third-order valence-electron chi connectivity index (χ3n) is 2.38. The molecule has 1 aromatic rings. The third-order valence-corrected chi connectivity index (χ3v) is 5.21. The van der Waals surface area contributed by atoms with Gasteiger partial charge in [0.1, 0.15) is 9.90 Å². The lowest BCUT2D eigenvalue weighted by Gasteiger charge is -2.21. The van der Waals surface area contributed by atoms with Crippen LogP contribution in [0.1, 0.15) is 6.92 Å². The van der Waals surface area contributed by atoms with E-state index in [9.17, 15) is 8.42 Å². The zero-order valence-electron chi connectivity index (χ0n) is 10.0. The second-order valence-corrected chi connectivity index (χ2v) is 6.51. The van der Waals surface area contributed by atoms with E-state index in [-0.39, 0.29) is 42.8 Å². The molecule has 0 aromatic carbocycles. The van der Waals surface area contributed by atoms with Crippen molar-refractivity contribution < 1.29 is 18.6 Å². The second kappa shape index (κ2) is 6.32. The molecule has 0 bridgehead atoms. The van der Waals surface area contributed by atoms with Crippen molar-refractivity contribution in [1.29, 1.82) is 0 Å². The molecule has 0 aliphatic carbocycles. The molecular formula is C9H17N3O4S2. The van der Waals surface area contributed by atoms with E-state index in [1.807, 2.05) is 0 Å². The van der Waals surface area contributed by atoms with Gasteiger partial charge >= 0.3 is 0 Å². The maximum atomic E-state index is 12.0. The molecule has 0 radical (unpaired) electrons. The van der Waals surface area contributed by atoms with Crippen molar-refractivity contribution in [3.05, 3.63) is 0 Å². The Hall–Kier alpha value is -0.900. The Morgan fingerprint density at radius 3 is 2.33 bits per heavy atom. The SMILES string of the molecule is CCS(=O)(=O)c1c(N)nsc1N(CCO)CCO. The van der Waals surface area contributed by atoms with Crippen LogP contribution >= 0.6 is 11.5 Å². The van der Waals surface area contributed by atoms with Gasteiger partial charge in [-0.1, -0.05) is 6.92 Å². The van der Waals surface area contributed by atoms with E-state index in [2.05, 4.69) is 4.37 Å². The summed E-state index contributed by atoms with van der Waals surface area (Å²) in [5.74, 6) is -0.105. The molecule has 0 amide bonds. The summed E-state index contributed by atoms with van der Waals surface area (Å²) < 4.78 is 27.8. The van der Waals surface area contributed by atoms with E-state index >= 15 is 0 Å². The van der Waals surface area contributed by atoms with E-state index < -0.39 is 9.84 Å². The first-order chi connectivity index (χ1) is 8.47. The maximum Gasteiger partial charge on any atom is 0.184 e. The maximum absolute atomic E-state index is 12.0. The zero-order valence-corrected chi connectivity index (χ0v) is 11.7. The smallest absolute Gasteiger partial charge is 0.184 e. The molecule has 0 spiro atoms. The summed E-state index contributed by atoms with van der Waals surface area (Å²) in [5, 5.41) is 18.3. The minimum Gasteiger partial charge on any atom is -0.395 e. The highest BCUT2D eigenvalue weighted by Crippen LogP contribution is 2.35. The number of anilines is 2. The van der Waals surface area contributed by atoms with Crippen LogP contribution in [0.15, 0.2) is 4.90 Å². The summed E-state index contributed by atoms with van der Waals surface area (Å²) in [6.45, 7) is 1.66. The molecule has 7 nitrogen and oxygen atoms in total.